The fraction of sp³-hybridized carbons (Fsp3) is 0.136. The fourth-order valence-corrected chi connectivity index (χ4v) is 3.96. The second-order valence-electron chi connectivity index (χ2n) is 6.67. The third-order valence-electron chi connectivity index (χ3n) is 4.28. The van der Waals surface area contributed by atoms with Gasteiger partial charge in [0.05, 0.1) is 22.1 Å². The molecule has 0 aliphatic rings. The Morgan fingerprint density at radius 3 is 2.22 bits per heavy atom. The molecule has 3 rings (SSSR count). The monoisotopic (exact) mass is 480 g/mol. The van der Waals surface area contributed by atoms with Gasteiger partial charge in [-0.1, -0.05) is 11.6 Å². The second kappa shape index (κ2) is 10.4. The lowest BCUT2D eigenvalue weighted by Crippen LogP contribution is -2.26. The molecule has 3 aromatic carbocycles. The number of nitrogens with one attached hydrogen (secondary N) is 2. The van der Waals surface area contributed by atoms with Gasteiger partial charge >= 0.3 is 0 Å². The summed E-state index contributed by atoms with van der Waals surface area (Å²) < 4.78 is 58.9. The molecule has 6 nitrogen and oxygen atoms in total. The molecule has 0 heterocycles. The number of benzene rings is 3. The van der Waals surface area contributed by atoms with Crippen LogP contribution < -0.4 is 14.8 Å². The third-order valence-corrected chi connectivity index (χ3v) is 5.99. The van der Waals surface area contributed by atoms with E-state index < -0.39 is 21.7 Å². The van der Waals surface area contributed by atoms with Gasteiger partial charge in [0.2, 0.25) is 0 Å². The zero-order chi connectivity index (χ0) is 23.1. The molecule has 0 unspecified atom stereocenters. The highest BCUT2D eigenvalue weighted by Gasteiger charge is 2.19. The number of carbonyl (C=O) groups excluding carboxylic acids is 1. The normalized spacial score (nSPS) is 11.1. The molecular formula is C22H19ClF2N2O4S. The SMILES string of the molecule is O=C(NCCCOc1ccc(F)cc1)c1cc(S(=O)(=O)Nc2ccc(F)cc2)ccc1Cl. The minimum absolute atomic E-state index is 0.00639. The van der Waals surface area contributed by atoms with Crippen LogP contribution in [0.2, 0.25) is 5.02 Å². The molecule has 0 bridgehead atoms. The third kappa shape index (κ3) is 6.41. The van der Waals surface area contributed by atoms with Gasteiger partial charge in [-0.05, 0) is 73.2 Å². The fourth-order valence-electron chi connectivity index (χ4n) is 2.67. The van der Waals surface area contributed by atoms with Gasteiger partial charge in [0, 0.05) is 12.2 Å². The number of halogens is 3. The second-order valence-corrected chi connectivity index (χ2v) is 8.76. The summed E-state index contributed by atoms with van der Waals surface area (Å²) in [5.41, 5.74) is 0.168. The Morgan fingerprint density at radius 2 is 1.56 bits per heavy atom. The highest BCUT2D eigenvalue weighted by atomic mass is 35.5. The molecule has 0 atom stereocenters. The molecule has 10 heteroatoms. The number of amides is 1. The topological polar surface area (TPSA) is 84.5 Å². The van der Waals surface area contributed by atoms with Gasteiger partial charge in [0.15, 0.2) is 0 Å². The number of ether oxygens (including phenoxy) is 1. The van der Waals surface area contributed by atoms with Crippen LogP contribution in [0.5, 0.6) is 5.75 Å². The van der Waals surface area contributed by atoms with Crippen molar-refractivity contribution in [3.8, 4) is 5.75 Å². The lowest BCUT2D eigenvalue weighted by atomic mass is 10.2. The molecule has 0 radical (unpaired) electrons. The largest absolute Gasteiger partial charge is 0.494 e. The van der Waals surface area contributed by atoms with Crippen molar-refractivity contribution in [1.82, 2.24) is 5.32 Å². The van der Waals surface area contributed by atoms with Crippen LogP contribution in [0.3, 0.4) is 0 Å². The van der Waals surface area contributed by atoms with Gasteiger partial charge in [-0.15, -0.1) is 0 Å². The average molecular weight is 481 g/mol. The van der Waals surface area contributed by atoms with E-state index in [4.69, 9.17) is 16.3 Å². The highest BCUT2D eigenvalue weighted by Crippen LogP contribution is 2.23. The molecule has 0 aliphatic carbocycles. The number of hydrogen-bond donors (Lipinski definition) is 2. The summed E-state index contributed by atoms with van der Waals surface area (Å²) >= 11 is 6.08. The van der Waals surface area contributed by atoms with Gasteiger partial charge in [0.25, 0.3) is 15.9 Å². The maximum atomic E-state index is 13.0. The van der Waals surface area contributed by atoms with Gasteiger partial charge in [0.1, 0.15) is 17.4 Å². The zero-order valence-electron chi connectivity index (χ0n) is 16.6. The first kappa shape index (κ1) is 23.5. The van der Waals surface area contributed by atoms with Crippen molar-refractivity contribution in [2.45, 2.75) is 11.3 Å². The summed E-state index contributed by atoms with van der Waals surface area (Å²) in [6.45, 7) is 0.539. The first-order valence-corrected chi connectivity index (χ1v) is 11.4. The number of carbonyl (C=O) groups is 1. The van der Waals surface area contributed by atoms with Crippen molar-refractivity contribution in [2.24, 2.45) is 0 Å². The summed E-state index contributed by atoms with van der Waals surface area (Å²) in [7, 11) is -4.02. The molecule has 0 aromatic heterocycles. The smallest absolute Gasteiger partial charge is 0.261 e. The van der Waals surface area contributed by atoms with Gasteiger partial charge < -0.3 is 10.1 Å². The minimum atomic E-state index is -4.02. The van der Waals surface area contributed by atoms with E-state index in [2.05, 4.69) is 10.0 Å². The number of hydrogen-bond acceptors (Lipinski definition) is 4. The summed E-state index contributed by atoms with van der Waals surface area (Å²) in [5.74, 6) is -0.900. The molecule has 0 spiro atoms. The summed E-state index contributed by atoms with van der Waals surface area (Å²) in [6.07, 6.45) is 0.463. The van der Waals surface area contributed by atoms with Gasteiger partial charge in [-0.2, -0.15) is 0 Å². The van der Waals surface area contributed by atoms with Crippen LogP contribution in [0.15, 0.2) is 71.6 Å². The van der Waals surface area contributed by atoms with E-state index in [1.807, 2.05) is 0 Å². The first-order chi connectivity index (χ1) is 15.2. The maximum absolute atomic E-state index is 13.0. The Morgan fingerprint density at radius 1 is 0.938 bits per heavy atom. The van der Waals surface area contributed by atoms with E-state index in [1.165, 1.54) is 54.6 Å². The van der Waals surface area contributed by atoms with Crippen molar-refractivity contribution in [2.75, 3.05) is 17.9 Å². The Kier molecular flexibility index (Phi) is 7.66. The van der Waals surface area contributed by atoms with Crippen LogP contribution in [0.25, 0.3) is 0 Å². The molecule has 3 aromatic rings. The van der Waals surface area contributed by atoms with E-state index in [1.54, 1.807) is 0 Å². The molecule has 1 amide bonds. The molecule has 168 valence electrons. The Balaban J connectivity index is 1.58. The number of rotatable bonds is 9. The van der Waals surface area contributed by atoms with E-state index >= 15 is 0 Å². The van der Waals surface area contributed by atoms with Gasteiger partial charge in [-0.3, -0.25) is 9.52 Å². The van der Waals surface area contributed by atoms with E-state index in [-0.39, 0.29) is 40.1 Å². The Hall–Kier alpha value is -3.17. The van der Waals surface area contributed by atoms with Crippen LogP contribution in [0.4, 0.5) is 14.5 Å². The van der Waals surface area contributed by atoms with Crippen LogP contribution in [-0.4, -0.2) is 27.5 Å². The minimum Gasteiger partial charge on any atom is -0.494 e. The predicted molar refractivity (Wildman–Crippen MR) is 118 cm³/mol. The van der Waals surface area contributed by atoms with Crippen LogP contribution in [0.1, 0.15) is 16.8 Å². The molecule has 0 aliphatic heterocycles. The summed E-state index contributed by atoms with van der Waals surface area (Å²) in [6, 6.07) is 14.1. The van der Waals surface area contributed by atoms with Crippen molar-refractivity contribution >= 4 is 33.2 Å². The van der Waals surface area contributed by atoms with Crippen molar-refractivity contribution < 1.29 is 26.7 Å². The van der Waals surface area contributed by atoms with Crippen molar-refractivity contribution in [3.63, 3.8) is 0 Å². The maximum Gasteiger partial charge on any atom is 0.261 e. The number of anilines is 1. The van der Waals surface area contributed by atoms with Gasteiger partial charge in [-0.25, -0.2) is 17.2 Å². The summed E-state index contributed by atoms with van der Waals surface area (Å²) in [5, 5.41) is 2.74. The van der Waals surface area contributed by atoms with Crippen LogP contribution in [-0.2, 0) is 10.0 Å². The quantitative estimate of drug-likeness (QED) is 0.438. The molecule has 0 fully saturated rings. The lowest BCUT2D eigenvalue weighted by molar-refractivity contribution is 0.0951. The summed E-state index contributed by atoms with van der Waals surface area (Å²) in [4.78, 5) is 12.3. The molecule has 2 N–H and O–H groups in total. The Labute approximate surface area is 189 Å². The van der Waals surface area contributed by atoms with E-state index in [0.717, 1.165) is 12.1 Å². The standard InChI is InChI=1S/C22H19ClF2N2O4S/c23-21-11-10-19(32(29,30)27-17-6-2-15(24)3-7-17)14-20(21)22(28)26-12-1-13-31-18-8-4-16(25)5-9-18/h2-11,14,27H,1,12-13H2,(H,26,28). The molecule has 0 saturated heterocycles. The first-order valence-electron chi connectivity index (χ1n) is 9.49. The highest BCUT2D eigenvalue weighted by molar-refractivity contribution is 7.92. The predicted octanol–water partition coefficient (Wildman–Crippen LogP) is 4.62. The molecular weight excluding hydrogens is 462 g/mol. The van der Waals surface area contributed by atoms with E-state index in [9.17, 15) is 22.0 Å². The molecule has 32 heavy (non-hydrogen) atoms. The van der Waals surface area contributed by atoms with Crippen LogP contribution in [0, 0.1) is 11.6 Å². The molecule has 0 saturated carbocycles. The number of sulfonamides is 1. The van der Waals surface area contributed by atoms with E-state index in [0.29, 0.717) is 12.2 Å². The van der Waals surface area contributed by atoms with Crippen LogP contribution >= 0.6 is 11.6 Å². The average Bonchev–Trinajstić information content (AvgIpc) is 2.76. The zero-order valence-corrected chi connectivity index (χ0v) is 18.2. The Bertz CT molecular complexity index is 1190. The lowest BCUT2D eigenvalue weighted by Gasteiger charge is -2.11. The van der Waals surface area contributed by atoms with Crippen molar-refractivity contribution in [1.29, 1.82) is 0 Å². The van der Waals surface area contributed by atoms with Crippen molar-refractivity contribution in [3.05, 3.63) is 89.0 Å².